The molecule has 1 aliphatic heterocycles. The molecular weight excluding hydrogens is 194 g/mol. The summed E-state index contributed by atoms with van der Waals surface area (Å²) in [5.74, 6) is 0.404. The second-order valence-electron chi connectivity index (χ2n) is 4.35. The first-order valence-electron chi connectivity index (χ1n) is 5.72. The van der Waals surface area contributed by atoms with Gasteiger partial charge >= 0.3 is 0 Å². The van der Waals surface area contributed by atoms with Crippen molar-refractivity contribution in [1.29, 1.82) is 0 Å². The fourth-order valence-electron chi connectivity index (χ4n) is 1.82. The summed E-state index contributed by atoms with van der Waals surface area (Å²) < 4.78 is 0. The number of aliphatic hydroxyl groups is 2. The molecule has 0 radical (unpaired) electrons. The Morgan fingerprint density at radius 1 is 1.47 bits per heavy atom. The van der Waals surface area contributed by atoms with Crippen molar-refractivity contribution in [3.8, 4) is 0 Å². The summed E-state index contributed by atoms with van der Waals surface area (Å²) >= 11 is 0. The Kier molecular flexibility index (Phi) is 5.05. The van der Waals surface area contributed by atoms with Crippen LogP contribution in [-0.2, 0) is 4.79 Å². The molecule has 0 aromatic carbocycles. The van der Waals surface area contributed by atoms with Crippen LogP contribution in [0.5, 0.6) is 0 Å². The van der Waals surface area contributed by atoms with Gasteiger partial charge in [0.05, 0.1) is 6.10 Å². The van der Waals surface area contributed by atoms with Crippen molar-refractivity contribution in [2.24, 2.45) is 5.92 Å². The third kappa shape index (κ3) is 3.80. The summed E-state index contributed by atoms with van der Waals surface area (Å²) in [5, 5.41) is 18.2. The zero-order chi connectivity index (χ0) is 11.3. The van der Waals surface area contributed by atoms with Crippen molar-refractivity contribution in [2.45, 2.75) is 38.7 Å². The molecule has 0 bridgehead atoms. The molecule has 1 heterocycles. The van der Waals surface area contributed by atoms with E-state index in [4.69, 9.17) is 5.11 Å². The molecular formula is C11H21NO3. The molecule has 2 atom stereocenters. The summed E-state index contributed by atoms with van der Waals surface area (Å²) in [6.07, 6.45) is 2.41. The van der Waals surface area contributed by atoms with Crippen molar-refractivity contribution in [3.63, 3.8) is 0 Å². The van der Waals surface area contributed by atoms with Crippen LogP contribution in [0.3, 0.4) is 0 Å². The number of aliphatic hydroxyl groups excluding tert-OH is 2. The predicted molar refractivity (Wildman–Crippen MR) is 57.3 cm³/mol. The van der Waals surface area contributed by atoms with Gasteiger partial charge in [-0.3, -0.25) is 4.79 Å². The van der Waals surface area contributed by atoms with Crippen LogP contribution in [0.25, 0.3) is 0 Å². The maximum absolute atomic E-state index is 11.7. The number of rotatable bonds is 4. The minimum Gasteiger partial charge on any atom is -0.396 e. The number of β-amino-alcohol motifs (C(OH)–C–C–N with tert-alkyl or cyclic N) is 1. The van der Waals surface area contributed by atoms with E-state index >= 15 is 0 Å². The maximum Gasteiger partial charge on any atom is 0.222 e. The standard InChI is InChI=1S/C11H21NO3/c1-9-5-6-12(8-10(9)14)11(15)4-2-3-7-13/h9-10,13-14H,2-8H2,1H3. The number of nitrogens with zero attached hydrogens (tertiary/aromatic N) is 1. The van der Waals surface area contributed by atoms with Crippen LogP contribution in [-0.4, -0.2) is 46.8 Å². The van der Waals surface area contributed by atoms with Gasteiger partial charge in [0.2, 0.25) is 5.91 Å². The van der Waals surface area contributed by atoms with Crippen molar-refractivity contribution < 1.29 is 15.0 Å². The summed E-state index contributed by atoms with van der Waals surface area (Å²) in [4.78, 5) is 13.4. The largest absolute Gasteiger partial charge is 0.396 e. The van der Waals surface area contributed by atoms with Crippen LogP contribution in [0, 0.1) is 5.92 Å². The topological polar surface area (TPSA) is 60.8 Å². The molecule has 1 rings (SSSR count). The minimum atomic E-state index is -0.374. The highest BCUT2D eigenvalue weighted by molar-refractivity contribution is 5.76. The van der Waals surface area contributed by atoms with Crippen LogP contribution >= 0.6 is 0 Å². The molecule has 2 unspecified atom stereocenters. The second-order valence-corrected chi connectivity index (χ2v) is 4.35. The number of hydrogen-bond donors (Lipinski definition) is 2. The third-order valence-electron chi connectivity index (χ3n) is 3.07. The first-order chi connectivity index (χ1) is 7.15. The van der Waals surface area contributed by atoms with Gasteiger partial charge in [-0.25, -0.2) is 0 Å². The number of carbonyl (C=O) groups is 1. The Bertz CT molecular complexity index is 208. The number of likely N-dealkylation sites (tertiary alicyclic amines) is 1. The van der Waals surface area contributed by atoms with Gasteiger partial charge in [-0.15, -0.1) is 0 Å². The highest BCUT2D eigenvalue weighted by Crippen LogP contribution is 2.17. The highest BCUT2D eigenvalue weighted by Gasteiger charge is 2.26. The zero-order valence-corrected chi connectivity index (χ0v) is 9.35. The molecule has 88 valence electrons. The third-order valence-corrected chi connectivity index (χ3v) is 3.07. The van der Waals surface area contributed by atoms with E-state index in [0.29, 0.717) is 25.3 Å². The quantitative estimate of drug-likeness (QED) is 0.666. The lowest BCUT2D eigenvalue weighted by Crippen LogP contribution is -2.45. The summed E-state index contributed by atoms with van der Waals surface area (Å²) in [6, 6.07) is 0. The Morgan fingerprint density at radius 3 is 2.80 bits per heavy atom. The zero-order valence-electron chi connectivity index (χ0n) is 9.35. The number of amides is 1. The van der Waals surface area contributed by atoms with E-state index in [9.17, 15) is 9.90 Å². The fourth-order valence-corrected chi connectivity index (χ4v) is 1.82. The molecule has 0 aromatic rings. The normalized spacial score (nSPS) is 26.7. The van der Waals surface area contributed by atoms with Crippen LogP contribution in [0.15, 0.2) is 0 Å². The Labute approximate surface area is 90.9 Å². The van der Waals surface area contributed by atoms with E-state index in [1.807, 2.05) is 6.92 Å². The Morgan fingerprint density at radius 2 is 2.20 bits per heavy atom. The van der Waals surface area contributed by atoms with Gasteiger partial charge in [0.15, 0.2) is 0 Å². The molecule has 0 spiro atoms. The van der Waals surface area contributed by atoms with Crippen LogP contribution < -0.4 is 0 Å². The van der Waals surface area contributed by atoms with E-state index in [2.05, 4.69) is 0 Å². The van der Waals surface area contributed by atoms with Gasteiger partial charge in [0, 0.05) is 26.1 Å². The molecule has 0 saturated carbocycles. The van der Waals surface area contributed by atoms with E-state index < -0.39 is 0 Å². The van der Waals surface area contributed by atoms with Crippen molar-refractivity contribution in [3.05, 3.63) is 0 Å². The molecule has 4 nitrogen and oxygen atoms in total. The van der Waals surface area contributed by atoms with E-state index in [-0.39, 0.29) is 18.6 Å². The SMILES string of the molecule is CC1CCN(C(=O)CCCCO)CC1O. The fraction of sp³-hybridized carbons (Fsp3) is 0.909. The van der Waals surface area contributed by atoms with E-state index in [1.165, 1.54) is 0 Å². The summed E-state index contributed by atoms with van der Waals surface area (Å²) in [5.41, 5.74) is 0. The predicted octanol–water partition coefficient (Wildman–Crippen LogP) is 0.378. The summed E-state index contributed by atoms with van der Waals surface area (Å²) in [7, 11) is 0. The monoisotopic (exact) mass is 215 g/mol. The maximum atomic E-state index is 11.7. The van der Waals surface area contributed by atoms with Gasteiger partial charge in [0.1, 0.15) is 0 Å². The van der Waals surface area contributed by atoms with Crippen LogP contribution in [0.4, 0.5) is 0 Å². The molecule has 2 N–H and O–H groups in total. The molecule has 4 heteroatoms. The number of carbonyl (C=O) groups excluding carboxylic acids is 1. The highest BCUT2D eigenvalue weighted by atomic mass is 16.3. The lowest BCUT2D eigenvalue weighted by molar-refractivity contribution is -0.135. The summed E-state index contributed by atoms with van der Waals surface area (Å²) in [6.45, 7) is 3.39. The number of hydrogen-bond acceptors (Lipinski definition) is 3. The van der Waals surface area contributed by atoms with Gasteiger partial charge < -0.3 is 15.1 Å². The smallest absolute Gasteiger partial charge is 0.222 e. The van der Waals surface area contributed by atoms with Gasteiger partial charge in [0.25, 0.3) is 0 Å². The lowest BCUT2D eigenvalue weighted by atomic mass is 9.96. The molecule has 1 amide bonds. The van der Waals surface area contributed by atoms with Crippen molar-refractivity contribution >= 4 is 5.91 Å². The average Bonchev–Trinajstić information content (AvgIpc) is 2.22. The van der Waals surface area contributed by atoms with Gasteiger partial charge in [-0.05, 0) is 25.2 Å². The molecule has 1 saturated heterocycles. The van der Waals surface area contributed by atoms with Crippen molar-refractivity contribution in [2.75, 3.05) is 19.7 Å². The molecule has 0 aromatic heterocycles. The van der Waals surface area contributed by atoms with E-state index in [1.54, 1.807) is 4.90 Å². The average molecular weight is 215 g/mol. The Hall–Kier alpha value is -0.610. The Balaban J connectivity index is 2.28. The van der Waals surface area contributed by atoms with Gasteiger partial charge in [-0.1, -0.05) is 6.92 Å². The number of piperidine rings is 1. The van der Waals surface area contributed by atoms with Crippen molar-refractivity contribution in [1.82, 2.24) is 4.90 Å². The van der Waals surface area contributed by atoms with Crippen LogP contribution in [0.2, 0.25) is 0 Å². The van der Waals surface area contributed by atoms with E-state index in [0.717, 1.165) is 19.4 Å². The molecule has 0 aliphatic carbocycles. The molecule has 1 fully saturated rings. The molecule has 1 aliphatic rings. The first-order valence-corrected chi connectivity index (χ1v) is 5.72. The molecule has 15 heavy (non-hydrogen) atoms. The lowest BCUT2D eigenvalue weighted by Gasteiger charge is -2.34. The van der Waals surface area contributed by atoms with Gasteiger partial charge in [-0.2, -0.15) is 0 Å². The second kappa shape index (κ2) is 6.08. The van der Waals surface area contributed by atoms with Crippen LogP contribution in [0.1, 0.15) is 32.6 Å². The minimum absolute atomic E-state index is 0.106. The number of unbranched alkanes of at least 4 members (excludes halogenated alkanes) is 1. The first kappa shape index (κ1) is 12.5.